The number of piperidine rings is 1. The molecule has 24 heavy (non-hydrogen) atoms. The van der Waals surface area contributed by atoms with Crippen LogP contribution in [-0.4, -0.2) is 18.1 Å². The van der Waals surface area contributed by atoms with Crippen molar-refractivity contribution in [2.45, 2.75) is 25.4 Å². The number of hydrogen-bond acceptors (Lipinski definition) is 3. The van der Waals surface area contributed by atoms with Crippen LogP contribution in [0.15, 0.2) is 24.3 Å². The second-order valence-corrected chi connectivity index (χ2v) is 6.13. The normalized spacial score (nSPS) is 15.5. The van der Waals surface area contributed by atoms with Crippen LogP contribution in [0.4, 0.5) is 13.2 Å². The van der Waals surface area contributed by atoms with Crippen molar-refractivity contribution in [2.75, 3.05) is 13.1 Å². The van der Waals surface area contributed by atoms with Crippen molar-refractivity contribution >= 4 is 11.6 Å². The topological polar surface area (TPSA) is 34.1 Å². The van der Waals surface area contributed by atoms with Crippen molar-refractivity contribution in [1.29, 1.82) is 0 Å². The molecule has 1 N–H and O–H groups in total. The van der Waals surface area contributed by atoms with E-state index in [2.05, 4.69) is 10.3 Å². The fourth-order valence-corrected chi connectivity index (χ4v) is 2.89. The third-order valence-corrected chi connectivity index (χ3v) is 4.26. The predicted octanol–water partition coefficient (Wildman–Crippen LogP) is 4.20. The van der Waals surface area contributed by atoms with E-state index >= 15 is 0 Å². The average molecular weight is 357 g/mol. The van der Waals surface area contributed by atoms with Gasteiger partial charge in [-0.2, -0.15) is 0 Å². The molecule has 1 aromatic heterocycles. The maximum atomic E-state index is 14.0. The number of ether oxygens (including phenoxy) is 1. The lowest BCUT2D eigenvalue weighted by Crippen LogP contribution is -2.27. The van der Waals surface area contributed by atoms with Crippen LogP contribution >= 0.6 is 11.6 Å². The van der Waals surface area contributed by atoms with Crippen LogP contribution in [0.3, 0.4) is 0 Å². The number of benzene rings is 1. The lowest BCUT2D eigenvalue weighted by Gasteiger charge is -2.23. The molecule has 3 rings (SSSR count). The Labute approximate surface area is 142 Å². The largest absolute Gasteiger partial charge is 0.471 e. The Morgan fingerprint density at radius 2 is 1.83 bits per heavy atom. The first-order valence-electron chi connectivity index (χ1n) is 7.68. The number of halogens is 4. The smallest absolute Gasteiger partial charge is 0.251 e. The molecule has 0 amide bonds. The lowest BCUT2D eigenvalue weighted by molar-refractivity contribution is 0.267. The highest BCUT2D eigenvalue weighted by molar-refractivity contribution is 6.30. The zero-order valence-corrected chi connectivity index (χ0v) is 13.5. The summed E-state index contributed by atoms with van der Waals surface area (Å²) < 4.78 is 47.0. The van der Waals surface area contributed by atoms with Gasteiger partial charge < -0.3 is 10.1 Å². The van der Waals surface area contributed by atoms with Crippen LogP contribution in [0, 0.1) is 17.5 Å². The minimum atomic E-state index is -0.903. The number of hydrogen-bond donors (Lipinski definition) is 1. The Morgan fingerprint density at radius 1 is 1.08 bits per heavy atom. The van der Waals surface area contributed by atoms with Gasteiger partial charge in [-0.1, -0.05) is 17.7 Å². The van der Waals surface area contributed by atoms with E-state index in [1.165, 1.54) is 12.1 Å². The lowest BCUT2D eigenvalue weighted by atomic mass is 9.94. The molecule has 0 saturated carbocycles. The summed E-state index contributed by atoms with van der Waals surface area (Å²) in [6.45, 7) is 1.30. The van der Waals surface area contributed by atoms with Crippen LogP contribution in [0.2, 0.25) is 5.02 Å². The molecule has 1 aliphatic rings. The van der Waals surface area contributed by atoms with E-state index in [-0.39, 0.29) is 34.7 Å². The monoisotopic (exact) mass is 356 g/mol. The van der Waals surface area contributed by atoms with E-state index in [9.17, 15) is 13.2 Å². The summed E-state index contributed by atoms with van der Waals surface area (Å²) in [6.07, 6.45) is 1.45. The maximum Gasteiger partial charge on any atom is 0.251 e. The molecule has 0 aliphatic carbocycles. The SMILES string of the molecule is Fc1cc(Cl)ccc1COc1nc(C2CCNCC2)c(F)cc1F. The van der Waals surface area contributed by atoms with E-state index in [0.29, 0.717) is 0 Å². The Hall–Kier alpha value is -1.79. The fraction of sp³-hybridized carbons (Fsp3) is 0.353. The molecule has 7 heteroatoms. The van der Waals surface area contributed by atoms with Crippen LogP contribution < -0.4 is 10.1 Å². The van der Waals surface area contributed by atoms with Gasteiger partial charge in [-0.25, -0.2) is 18.2 Å². The van der Waals surface area contributed by atoms with Gasteiger partial charge >= 0.3 is 0 Å². The van der Waals surface area contributed by atoms with Gasteiger partial charge in [0.05, 0.1) is 5.69 Å². The summed E-state index contributed by atoms with van der Waals surface area (Å²) in [4.78, 5) is 4.01. The molecule has 2 heterocycles. The third kappa shape index (κ3) is 3.82. The van der Waals surface area contributed by atoms with E-state index in [4.69, 9.17) is 16.3 Å². The van der Waals surface area contributed by atoms with Gasteiger partial charge in [-0.05, 0) is 38.1 Å². The zero-order valence-electron chi connectivity index (χ0n) is 12.8. The van der Waals surface area contributed by atoms with Crippen molar-refractivity contribution in [3.8, 4) is 5.88 Å². The molecule has 1 aliphatic heterocycles. The van der Waals surface area contributed by atoms with Crippen molar-refractivity contribution in [2.24, 2.45) is 0 Å². The molecule has 2 aromatic rings. The molecule has 0 bridgehead atoms. The van der Waals surface area contributed by atoms with E-state index in [1.807, 2.05) is 0 Å². The molecule has 0 unspecified atom stereocenters. The van der Waals surface area contributed by atoms with Gasteiger partial charge in [0.2, 0.25) is 0 Å². The Morgan fingerprint density at radius 3 is 2.54 bits per heavy atom. The summed E-state index contributed by atoms with van der Waals surface area (Å²) in [5, 5.41) is 3.44. The second-order valence-electron chi connectivity index (χ2n) is 5.69. The molecule has 3 nitrogen and oxygen atoms in total. The van der Waals surface area contributed by atoms with E-state index in [0.717, 1.165) is 38.1 Å². The quantitative estimate of drug-likeness (QED) is 0.891. The highest BCUT2D eigenvalue weighted by Gasteiger charge is 2.23. The van der Waals surface area contributed by atoms with Crippen LogP contribution in [0.5, 0.6) is 5.88 Å². The number of nitrogens with zero attached hydrogens (tertiary/aromatic N) is 1. The molecule has 1 fully saturated rings. The van der Waals surface area contributed by atoms with Crippen LogP contribution in [0.25, 0.3) is 0 Å². The number of pyridine rings is 1. The molecular formula is C17H16ClF3N2O. The van der Waals surface area contributed by atoms with Crippen molar-refractivity contribution in [1.82, 2.24) is 10.3 Å². The van der Waals surface area contributed by atoms with Gasteiger partial charge in [0.1, 0.15) is 18.2 Å². The Balaban J connectivity index is 1.79. The van der Waals surface area contributed by atoms with Gasteiger partial charge in [0.15, 0.2) is 5.82 Å². The second kappa shape index (κ2) is 7.40. The minimum absolute atomic E-state index is 0.0820. The highest BCUT2D eigenvalue weighted by atomic mass is 35.5. The van der Waals surface area contributed by atoms with Gasteiger partial charge in [0, 0.05) is 22.6 Å². The number of nitrogens with one attached hydrogen (secondary N) is 1. The summed E-state index contributed by atoms with van der Waals surface area (Å²) in [5.41, 5.74) is 0.415. The summed E-state index contributed by atoms with van der Waals surface area (Å²) in [6, 6.07) is 4.89. The molecular weight excluding hydrogens is 341 g/mol. The van der Waals surface area contributed by atoms with Crippen molar-refractivity contribution in [3.05, 3.63) is 58.0 Å². The van der Waals surface area contributed by atoms with Gasteiger partial charge in [-0.15, -0.1) is 0 Å². The minimum Gasteiger partial charge on any atom is -0.471 e. The first kappa shape index (κ1) is 17.0. The summed E-state index contributed by atoms with van der Waals surface area (Å²) in [7, 11) is 0. The predicted molar refractivity (Wildman–Crippen MR) is 84.7 cm³/mol. The molecule has 128 valence electrons. The third-order valence-electron chi connectivity index (χ3n) is 4.03. The summed E-state index contributed by atoms with van der Waals surface area (Å²) in [5.74, 6) is -2.53. The number of aromatic nitrogens is 1. The Bertz CT molecular complexity index is 736. The Kier molecular flexibility index (Phi) is 5.26. The van der Waals surface area contributed by atoms with Crippen LogP contribution in [0.1, 0.15) is 30.0 Å². The number of rotatable bonds is 4. The average Bonchev–Trinajstić information content (AvgIpc) is 2.56. The first-order chi connectivity index (χ1) is 11.5. The maximum absolute atomic E-state index is 14.0. The molecule has 1 aromatic carbocycles. The zero-order chi connectivity index (χ0) is 17.1. The first-order valence-corrected chi connectivity index (χ1v) is 8.06. The van der Waals surface area contributed by atoms with Gasteiger partial charge in [0.25, 0.3) is 5.88 Å². The molecule has 1 saturated heterocycles. The molecule has 0 radical (unpaired) electrons. The van der Waals surface area contributed by atoms with Crippen molar-refractivity contribution in [3.63, 3.8) is 0 Å². The van der Waals surface area contributed by atoms with Crippen molar-refractivity contribution < 1.29 is 17.9 Å². The summed E-state index contributed by atoms with van der Waals surface area (Å²) >= 11 is 5.68. The van der Waals surface area contributed by atoms with Gasteiger partial charge in [-0.3, -0.25) is 0 Å². The standard InChI is InChI=1S/C17H16ClF3N2O/c18-12-2-1-11(13(19)7-12)9-24-17-15(21)8-14(20)16(23-17)10-3-5-22-6-4-10/h1-2,7-8,10,22H,3-6,9H2. The van der Waals surface area contributed by atoms with Crippen LogP contribution in [-0.2, 0) is 6.61 Å². The molecule has 0 spiro atoms. The fourth-order valence-electron chi connectivity index (χ4n) is 2.73. The van der Waals surface area contributed by atoms with E-state index < -0.39 is 17.5 Å². The highest BCUT2D eigenvalue weighted by Crippen LogP contribution is 2.29. The molecule has 0 atom stereocenters. The van der Waals surface area contributed by atoms with E-state index in [1.54, 1.807) is 0 Å².